The highest BCUT2D eigenvalue weighted by atomic mass is 16.7. The monoisotopic (exact) mass is 309 g/mol. The lowest BCUT2D eigenvalue weighted by molar-refractivity contribution is -0.194. The summed E-state index contributed by atoms with van der Waals surface area (Å²) in [6.07, 6.45) is 9.16. The molecule has 3 fully saturated rings. The zero-order valence-corrected chi connectivity index (χ0v) is 14.9. The van der Waals surface area contributed by atoms with E-state index in [1.165, 1.54) is 45.2 Å². The van der Waals surface area contributed by atoms with Gasteiger partial charge in [0.2, 0.25) is 0 Å². The molecule has 3 atom stereocenters. The lowest BCUT2D eigenvalue weighted by atomic mass is 9.83. The molecule has 3 unspecified atom stereocenters. The Morgan fingerprint density at radius 2 is 1.77 bits per heavy atom. The quantitative estimate of drug-likeness (QED) is 0.781. The zero-order chi connectivity index (χ0) is 15.6. The second-order valence-corrected chi connectivity index (χ2v) is 8.36. The van der Waals surface area contributed by atoms with Gasteiger partial charge in [-0.15, -0.1) is 0 Å². The van der Waals surface area contributed by atoms with E-state index < -0.39 is 0 Å². The van der Waals surface area contributed by atoms with Gasteiger partial charge in [-0.25, -0.2) is 0 Å². The van der Waals surface area contributed by atoms with Gasteiger partial charge in [-0.3, -0.25) is 0 Å². The molecule has 0 aromatic carbocycles. The summed E-state index contributed by atoms with van der Waals surface area (Å²) in [6, 6.07) is 0. The molecule has 3 heteroatoms. The third kappa shape index (κ3) is 4.04. The Morgan fingerprint density at radius 1 is 1.09 bits per heavy atom. The summed E-state index contributed by atoms with van der Waals surface area (Å²) in [4.78, 5) is 2.61. The smallest absolute Gasteiger partial charge is 0.168 e. The molecule has 3 nitrogen and oxygen atoms in total. The molecule has 2 heterocycles. The highest BCUT2D eigenvalue weighted by Gasteiger charge is 2.44. The van der Waals surface area contributed by atoms with Crippen LogP contribution < -0.4 is 0 Å². The van der Waals surface area contributed by atoms with E-state index in [9.17, 15) is 0 Å². The van der Waals surface area contributed by atoms with E-state index in [0.717, 1.165) is 43.7 Å². The predicted octanol–water partition coefficient (Wildman–Crippen LogP) is 4.07. The van der Waals surface area contributed by atoms with Crippen LogP contribution in [0.1, 0.15) is 65.7 Å². The average molecular weight is 309 g/mol. The van der Waals surface area contributed by atoms with Crippen LogP contribution >= 0.6 is 0 Å². The van der Waals surface area contributed by atoms with Crippen molar-refractivity contribution in [3.05, 3.63) is 0 Å². The molecular formula is C19H35NO2. The fraction of sp³-hybridized carbons (Fsp3) is 1.00. The molecule has 0 amide bonds. The van der Waals surface area contributed by atoms with Crippen LogP contribution in [0.4, 0.5) is 0 Å². The molecule has 128 valence electrons. The first-order valence-corrected chi connectivity index (χ1v) is 9.62. The van der Waals surface area contributed by atoms with Crippen LogP contribution in [0.25, 0.3) is 0 Å². The van der Waals surface area contributed by atoms with Gasteiger partial charge in [0.1, 0.15) is 0 Å². The number of likely N-dealkylation sites (tertiary alicyclic amines) is 1. The molecule has 1 spiro atoms. The van der Waals surface area contributed by atoms with Crippen molar-refractivity contribution in [2.24, 2.45) is 17.8 Å². The van der Waals surface area contributed by atoms with E-state index in [0.29, 0.717) is 6.10 Å². The lowest BCUT2D eigenvalue weighted by Crippen LogP contribution is -2.44. The largest absolute Gasteiger partial charge is 0.347 e. The molecule has 0 aromatic heterocycles. The zero-order valence-electron chi connectivity index (χ0n) is 14.9. The summed E-state index contributed by atoms with van der Waals surface area (Å²) >= 11 is 0. The molecule has 0 bridgehead atoms. The van der Waals surface area contributed by atoms with Crippen molar-refractivity contribution in [3.8, 4) is 0 Å². The van der Waals surface area contributed by atoms with Crippen molar-refractivity contribution in [3.63, 3.8) is 0 Å². The summed E-state index contributed by atoms with van der Waals surface area (Å²) in [6.45, 7) is 11.4. The summed E-state index contributed by atoms with van der Waals surface area (Å²) in [5.41, 5.74) is 0. The minimum Gasteiger partial charge on any atom is -0.347 e. The van der Waals surface area contributed by atoms with Gasteiger partial charge >= 0.3 is 0 Å². The van der Waals surface area contributed by atoms with Gasteiger partial charge in [0.25, 0.3) is 0 Å². The first-order chi connectivity index (χ1) is 10.6. The molecule has 0 aromatic rings. The van der Waals surface area contributed by atoms with E-state index in [4.69, 9.17) is 9.47 Å². The van der Waals surface area contributed by atoms with Crippen LogP contribution in [0.15, 0.2) is 0 Å². The van der Waals surface area contributed by atoms with Crippen LogP contribution in [0, 0.1) is 17.8 Å². The van der Waals surface area contributed by atoms with E-state index in [-0.39, 0.29) is 5.79 Å². The van der Waals surface area contributed by atoms with Crippen LogP contribution in [0.3, 0.4) is 0 Å². The molecule has 3 aliphatic rings. The van der Waals surface area contributed by atoms with Gasteiger partial charge in [-0.1, -0.05) is 33.6 Å². The van der Waals surface area contributed by atoms with Gasteiger partial charge in [0.15, 0.2) is 5.79 Å². The molecule has 1 aliphatic carbocycles. The Labute approximate surface area is 136 Å². The summed E-state index contributed by atoms with van der Waals surface area (Å²) < 4.78 is 12.6. The first kappa shape index (κ1) is 16.7. The van der Waals surface area contributed by atoms with Crippen LogP contribution in [-0.2, 0) is 9.47 Å². The van der Waals surface area contributed by atoms with Crippen molar-refractivity contribution >= 4 is 0 Å². The van der Waals surface area contributed by atoms with Crippen LogP contribution in [-0.4, -0.2) is 43.0 Å². The Hall–Kier alpha value is -0.120. The SMILES string of the molecule is CCCC1CCC2(CC1)OCC(CN1CC(C)CC(C)C1)O2. The third-order valence-corrected chi connectivity index (χ3v) is 5.88. The first-order valence-electron chi connectivity index (χ1n) is 9.62. The maximum absolute atomic E-state index is 6.43. The number of hydrogen-bond donors (Lipinski definition) is 0. The molecule has 2 saturated heterocycles. The van der Waals surface area contributed by atoms with Crippen molar-refractivity contribution in [1.82, 2.24) is 4.90 Å². The molecule has 1 saturated carbocycles. The minimum atomic E-state index is -0.220. The maximum atomic E-state index is 6.43. The second kappa shape index (κ2) is 7.19. The van der Waals surface area contributed by atoms with Gasteiger partial charge in [0.05, 0.1) is 12.7 Å². The molecular weight excluding hydrogens is 274 g/mol. The number of ether oxygens (including phenoxy) is 2. The number of hydrogen-bond acceptors (Lipinski definition) is 3. The number of piperidine rings is 1. The third-order valence-electron chi connectivity index (χ3n) is 5.88. The molecule has 2 aliphatic heterocycles. The van der Waals surface area contributed by atoms with Gasteiger partial charge in [-0.05, 0) is 37.0 Å². The molecule has 3 rings (SSSR count). The Bertz CT molecular complexity index is 341. The highest BCUT2D eigenvalue weighted by Crippen LogP contribution is 2.41. The van der Waals surface area contributed by atoms with Crippen molar-refractivity contribution < 1.29 is 9.47 Å². The Kier molecular flexibility index (Phi) is 5.47. The number of rotatable bonds is 4. The summed E-state index contributed by atoms with van der Waals surface area (Å²) in [5.74, 6) is 2.33. The topological polar surface area (TPSA) is 21.7 Å². The minimum absolute atomic E-state index is 0.220. The van der Waals surface area contributed by atoms with Crippen molar-refractivity contribution in [2.45, 2.75) is 77.6 Å². The van der Waals surface area contributed by atoms with Gasteiger partial charge in [0, 0.05) is 32.5 Å². The Balaban J connectivity index is 1.46. The summed E-state index contributed by atoms with van der Waals surface area (Å²) in [5, 5.41) is 0. The van der Waals surface area contributed by atoms with E-state index >= 15 is 0 Å². The Morgan fingerprint density at radius 3 is 2.41 bits per heavy atom. The highest BCUT2D eigenvalue weighted by molar-refractivity contribution is 4.87. The normalized spacial score (nSPS) is 43.8. The molecule has 0 radical (unpaired) electrons. The second-order valence-electron chi connectivity index (χ2n) is 8.36. The van der Waals surface area contributed by atoms with E-state index in [1.54, 1.807) is 0 Å². The van der Waals surface area contributed by atoms with E-state index in [1.807, 2.05) is 0 Å². The fourth-order valence-electron chi connectivity index (χ4n) is 5.01. The maximum Gasteiger partial charge on any atom is 0.168 e. The van der Waals surface area contributed by atoms with Gasteiger partial charge < -0.3 is 14.4 Å². The van der Waals surface area contributed by atoms with Crippen molar-refractivity contribution in [1.29, 1.82) is 0 Å². The average Bonchev–Trinajstić information content (AvgIpc) is 2.84. The standard InChI is InChI=1S/C19H35NO2/c1-4-5-17-6-8-19(9-7-17)21-14-18(22-19)13-20-11-15(2)10-16(3)12-20/h15-18H,4-14H2,1-3H3. The predicted molar refractivity (Wildman–Crippen MR) is 89.8 cm³/mol. The van der Waals surface area contributed by atoms with Crippen LogP contribution in [0.5, 0.6) is 0 Å². The van der Waals surface area contributed by atoms with Crippen molar-refractivity contribution in [2.75, 3.05) is 26.2 Å². The fourth-order valence-corrected chi connectivity index (χ4v) is 5.01. The summed E-state index contributed by atoms with van der Waals surface area (Å²) in [7, 11) is 0. The van der Waals surface area contributed by atoms with Gasteiger partial charge in [-0.2, -0.15) is 0 Å². The lowest BCUT2D eigenvalue weighted by Gasteiger charge is -2.38. The van der Waals surface area contributed by atoms with E-state index in [2.05, 4.69) is 25.7 Å². The number of nitrogens with zero attached hydrogens (tertiary/aromatic N) is 1. The van der Waals surface area contributed by atoms with Crippen LogP contribution in [0.2, 0.25) is 0 Å². The molecule has 0 N–H and O–H groups in total. The molecule has 22 heavy (non-hydrogen) atoms.